The summed E-state index contributed by atoms with van der Waals surface area (Å²) in [6.45, 7) is 4.20. The number of likely N-dealkylation sites (N-methyl/N-ethyl adjacent to an activating group) is 2. The fourth-order valence-electron chi connectivity index (χ4n) is 2.48. The third-order valence-electron chi connectivity index (χ3n) is 3.84. The molecule has 2 rings (SSSR count). The lowest BCUT2D eigenvalue weighted by molar-refractivity contribution is -0.126. The van der Waals surface area contributed by atoms with Crippen LogP contribution in [0.3, 0.4) is 0 Å². The fraction of sp³-hybridized carbons (Fsp3) is 0.833. The van der Waals surface area contributed by atoms with Gasteiger partial charge in [0.2, 0.25) is 11.8 Å². The van der Waals surface area contributed by atoms with E-state index in [0.717, 1.165) is 19.6 Å². The van der Waals surface area contributed by atoms with Crippen molar-refractivity contribution in [2.45, 2.75) is 12.5 Å². The molecule has 0 aromatic rings. The number of nitrogens with one attached hydrogen (secondary N) is 2. The highest BCUT2D eigenvalue weighted by molar-refractivity contribution is 5.89. The molecule has 0 aliphatic carbocycles. The molecule has 0 bridgehead atoms. The molecule has 6 nitrogen and oxygen atoms in total. The second kappa shape index (κ2) is 5.67. The first-order valence-corrected chi connectivity index (χ1v) is 6.49. The highest BCUT2D eigenvalue weighted by atomic mass is 16.2. The molecule has 2 N–H and O–H groups in total. The Hall–Kier alpha value is -1.14. The molecule has 6 heteroatoms. The largest absolute Gasteiger partial charge is 0.355 e. The first-order valence-electron chi connectivity index (χ1n) is 6.49. The summed E-state index contributed by atoms with van der Waals surface area (Å²) in [6.07, 6.45) is 0.326. The molecule has 0 radical (unpaired) electrons. The van der Waals surface area contributed by atoms with Crippen molar-refractivity contribution < 1.29 is 9.59 Å². The second-order valence-corrected chi connectivity index (χ2v) is 5.35. The molecule has 2 amide bonds. The molecule has 0 spiro atoms. The lowest BCUT2D eigenvalue weighted by Gasteiger charge is -2.37. The van der Waals surface area contributed by atoms with E-state index < -0.39 is 0 Å². The molecule has 18 heavy (non-hydrogen) atoms. The highest BCUT2D eigenvalue weighted by Crippen LogP contribution is 2.09. The third-order valence-corrected chi connectivity index (χ3v) is 3.84. The topological polar surface area (TPSA) is 64.7 Å². The maximum Gasteiger partial charge on any atom is 0.225 e. The van der Waals surface area contributed by atoms with E-state index >= 15 is 0 Å². The molecule has 0 saturated carbocycles. The van der Waals surface area contributed by atoms with E-state index in [2.05, 4.69) is 34.5 Å². The summed E-state index contributed by atoms with van der Waals surface area (Å²) in [4.78, 5) is 27.5. The number of carbonyl (C=O) groups is 2. The number of nitrogens with zero attached hydrogens (tertiary/aromatic N) is 2. The van der Waals surface area contributed by atoms with Crippen LogP contribution in [0.4, 0.5) is 0 Å². The average Bonchev–Trinajstić information content (AvgIpc) is 2.77. The minimum atomic E-state index is -0.191. The number of hydrogen-bond donors (Lipinski definition) is 2. The predicted molar refractivity (Wildman–Crippen MR) is 68.0 cm³/mol. The van der Waals surface area contributed by atoms with Crippen LogP contribution in [-0.4, -0.2) is 74.5 Å². The molecule has 2 unspecified atom stereocenters. The van der Waals surface area contributed by atoms with Gasteiger partial charge in [-0.3, -0.25) is 14.5 Å². The molecular weight excluding hydrogens is 232 g/mol. The highest BCUT2D eigenvalue weighted by Gasteiger charge is 2.29. The molecule has 102 valence electrons. The first kappa shape index (κ1) is 13.3. The van der Waals surface area contributed by atoms with Crippen LogP contribution < -0.4 is 10.6 Å². The minimum Gasteiger partial charge on any atom is -0.355 e. The summed E-state index contributed by atoms with van der Waals surface area (Å²) in [5.41, 5.74) is 0. The van der Waals surface area contributed by atoms with Gasteiger partial charge in [-0.1, -0.05) is 0 Å². The van der Waals surface area contributed by atoms with Gasteiger partial charge in [-0.05, 0) is 14.1 Å². The van der Waals surface area contributed by atoms with Gasteiger partial charge in [0.1, 0.15) is 0 Å². The van der Waals surface area contributed by atoms with Gasteiger partial charge in [-0.25, -0.2) is 0 Å². The minimum absolute atomic E-state index is 0.00465. The van der Waals surface area contributed by atoms with E-state index in [1.807, 2.05) is 0 Å². The van der Waals surface area contributed by atoms with Gasteiger partial charge in [0.25, 0.3) is 0 Å². The number of amides is 2. The zero-order valence-corrected chi connectivity index (χ0v) is 11.1. The van der Waals surface area contributed by atoms with E-state index in [-0.39, 0.29) is 17.7 Å². The van der Waals surface area contributed by atoms with Crippen molar-refractivity contribution in [2.75, 3.05) is 46.8 Å². The Morgan fingerprint density at radius 1 is 1.44 bits per heavy atom. The molecule has 2 aliphatic heterocycles. The predicted octanol–water partition coefficient (Wildman–Crippen LogP) is -1.52. The molecule has 0 aromatic carbocycles. The van der Waals surface area contributed by atoms with Crippen molar-refractivity contribution in [3.05, 3.63) is 0 Å². The molecule has 2 heterocycles. The van der Waals surface area contributed by atoms with Crippen LogP contribution in [0, 0.1) is 5.92 Å². The lowest BCUT2D eigenvalue weighted by Crippen LogP contribution is -2.54. The Morgan fingerprint density at radius 3 is 2.89 bits per heavy atom. The normalized spacial score (nSPS) is 30.2. The van der Waals surface area contributed by atoms with Crippen molar-refractivity contribution in [1.29, 1.82) is 0 Å². The van der Waals surface area contributed by atoms with Gasteiger partial charge < -0.3 is 15.5 Å². The van der Waals surface area contributed by atoms with Gasteiger partial charge in [0.15, 0.2) is 0 Å². The van der Waals surface area contributed by atoms with Gasteiger partial charge in [0, 0.05) is 45.2 Å². The van der Waals surface area contributed by atoms with Crippen molar-refractivity contribution in [1.82, 2.24) is 20.4 Å². The SMILES string of the molecule is CN1CCN(C)C(CNC(=O)C2CNC(=O)C2)C1. The number of piperazine rings is 1. The second-order valence-electron chi connectivity index (χ2n) is 5.35. The summed E-state index contributed by atoms with van der Waals surface area (Å²) in [5, 5.41) is 5.65. The third kappa shape index (κ3) is 3.20. The van der Waals surface area contributed by atoms with Crippen LogP contribution in [0.5, 0.6) is 0 Å². The molecule has 2 fully saturated rings. The number of carbonyl (C=O) groups excluding carboxylic acids is 2. The smallest absolute Gasteiger partial charge is 0.225 e. The maximum absolute atomic E-state index is 11.9. The van der Waals surface area contributed by atoms with E-state index in [4.69, 9.17) is 0 Å². The van der Waals surface area contributed by atoms with Crippen LogP contribution >= 0.6 is 0 Å². The standard InChI is InChI=1S/C12H22N4O2/c1-15-3-4-16(2)10(8-15)7-14-12(18)9-5-11(17)13-6-9/h9-10H,3-8H2,1-2H3,(H,13,17)(H,14,18). The molecule has 0 aromatic heterocycles. The van der Waals surface area contributed by atoms with Crippen LogP contribution in [0.2, 0.25) is 0 Å². The quantitative estimate of drug-likeness (QED) is 0.642. The first-order chi connectivity index (χ1) is 8.56. The van der Waals surface area contributed by atoms with Crippen molar-refractivity contribution in [3.63, 3.8) is 0 Å². The summed E-state index contributed by atoms with van der Waals surface area (Å²) in [5.74, 6) is -0.219. The number of rotatable bonds is 3. The summed E-state index contributed by atoms with van der Waals surface area (Å²) in [6, 6.07) is 0.359. The maximum atomic E-state index is 11.9. The van der Waals surface area contributed by atoms with Gasteiger partial charge in [-0.15, -0.1) is 0 Å². The Labute approximate surface area is 108 Å². The van der Waals surface area contributed by atoms with E-state index in [1.165, 1.54) is 0 Å². The van der Waals surface area contributed by atoms with Crippen LogP contribution in [-0.2, 0) is 9.59 Å². The Bertz CT molecular complexity index is 334. The van der Waals surface area contributed by atoms with E-state index in [1.54, 1.807) is 0 Å². The van der Waals surface area contributed by atoms with Crippen LogP contribution in [0.15, 0.2) is 0 Å². The molecule has 2 atom stereocenters. The van der Waals surface area contributed by atoms with Crippen LogP contribution in [0.25, 0.3) is 0 Å². The lowest BCUT2D eigenvalue weighted by atomic mass is 10.1. The van der Waals surface area contributed by atoms with Gasteiger partial charge in [-0.2, -0.15) is 0 Å². The van der Waals surface area contributed by atoms with Crippen LogP contribution in [0.1, 0.15) is 6.42 Å². The summed E-state index contributed by atoms with van der Waals surface area (Å²) in [7, 11) is 4.19. The molecular formula is C12H22N4O2. The van der Waals surface area contributed by atoms with E-state index in [0.29, 0.717) is 25.6 Å². The monoisotopic (exact) mass is 254 g/mol. The Kier molecular flexibility index (Phi) is 4.19. The Morgan fingerprint density at radius 2 is 2.22 bits per heavy atom. The van der Waals surface area contributed by atoms with Crippen molar-refractivity contribution in [2.24, 2.45) is 5.92 Å². The zero-order chi connectivity index (χ0) is 13.1. The molecule has 2 aliphatic rings. The number of hydrogen-bond acceptors (Lipinski definition) is 4. The fourth-order valence-corrected chi connectivity index (χ4v) is 2.48. The summed E-state index contributed by atoms with van der Waals surface area (Å²) >= 11 is 0. The molecule has 2 saturated heterocycles. The van der Waals surface area contributed by atoms with Gasteiger partial charge in [0.05, 0.1) is 5.92 Å². The van der Waals surface area contributed by atoms with Gasteiger partial charge >= 0.3 is 0 Å². The summed E-state index contributed by atoms with van der Waals surface area (Å²) < 4.78 is 0. The van der Waals surface area contributed by atoms with Crippen molar-refractivity contribution in [3.8, 4) is 0 Å². The van der Waals surface area contributed by atoms with E-state index in [9.17, 15) is 9.59 Å². The zero-order valence-electron chi connectivity index (χ0n) is 11.1. The average molecular weight is 254 g/mol. The van der Waals surface area contributed by atoms with Crippen molar-refractivity contribution >= 4 is 11.8 Å². The Balaban J connectivity index is 1.76.